The molecular weight excluding hydrogens is 249 g/mol. The first-order valence-electron chi connectivity index (χ1n) is 5.76. The molecule has 2 rings (SSSR count). The van der Waals surface area contributed by atoms with E-state index in [2.05, 4.69) is 9.97 Å². The Morgan fingerprint density at radius 1 is 1.42 bits per heavy atom. The third-order valence-corrected chi connectivity index (χ3v) is 2.54. The van der Waals surface area contributed by atoms with E-state index in [4.69, 9.17) is 4.74 Å². The lowest BCUT2D eigenvalue weighted by Crippen LogP contribution is -2.31. The van der Waals surface area contributed by atoms with E-state index in [0.29, 0.717) is 18.1 Å². The summed E-state index contributed by atoms with van der Waals surface area (Å²) < 4.78 is 18.0. The van der Waals surface area contributed by atoms with Gasteiger partial charge in [-0.2, -0.15) is 0 Å². The van der Waals surface area contributed by atoms with Crippen LogP contribution in [0, 0.1) is 5.82 Å². The summed E-state index contributed by atoms with van der Waals surface area (Å²) in [5, 5.41) is 0. The number of benzene rings is 1. The van der Waals surface area contributed by atoms with E-state index in [9.17, 15) is 9.18 Å². The van der Waals surface area contributed by atoms with Crippen LogP contribution in [-0.2, 0) is 11.3 Å². The van der Waals surface area contributed by atoms with Crippen molar-refractivity contribution in [1.29, 1.82) is 0 Å². The van der Waals surface area contributed by atoms with Gasteiger partial charge in [0.1, 0.15) is 17.4 Å². The molecule has 5 nitrogen and oxygen atoms in total. The number of aromatic nitrogens is 2. The normalized spacial score (nSPS) is 10.2. The number of halogens is 1. The van der Waals surface area contributed by atoms with Gasteiger partial charge in [0, 0.05) is 19.4 Å². The number of hydrogen-bond donors (Lipinski definition) is 1. The smallest absolute Gasteiger partial charge is 0.260 e. The number of carbonyl (C=O) groups is 1. The second-order valence-corrected chi connectivity index (χ2v) is 4.03. The van der Waals surface area contributed by atoms with E-state index in [1.165, 1.54) is 29.2 Å². The maximum Gasteiger partial charge on any atom is 0.260 e. The Kier molecular flexibility index (Phi) is 4.12. The minimum absolute atomic E-state index is 0.0944. The number of nitrogens with one attached hydrogen (secondary N) is 1. The lowest BCUT2D eigenvalue weighted by molar-refractivity contribution is -0.132. The van der Waals surface area contributed by atoms with E-state index in [1.807, 2.05) is 0 Å². The highest BCUT2D eigenvalue weighted by Gasteiger charge is 2.11. The molecule has 1 aromatic carbocycles. The molecule has 0 unspecified atom stereocenters. The molecule has 1 aromatic heterocycles. The predicted octanol–water partition coefficient (Wildman–Crippen LogP) is 1.59. The molecule has 0 spiro atoms. The minimum Gasteiger partial charge on any atom is -0.484 e. The number of amides is 1. The molecule has 0 aliphatic rings. The molecule has 0 aliphatic heterocycles. The molecule has 0 saturated heterocycles. The van der Waals surface area contributed by atoms with Gasteiger partial charge in [0.2, 0.25) is 0 Å². The summed E-state index contributed by atoms with van der Waals surface area (Å²) in [7, 11) is 1.67. The Balaban J connectivity index is 1.82. The minimum atomic E-state index is -0.339. The molecular formula is C13H14FN3O2. The lowest BCUT2D eigenvalue weighted by Gasteiger charge is -2.16. The number of nitrogens with zero attached hydrogens (tertiary/aromatic N) is 2. The fourth-order valence-electron chi connectivity index (χ4n) is 1.48. The molecule has 0 fully saturated rings. The van der Waals surface area contributed by atoms with Crippen molar-refractivity contribution >= 4 is 5.91 Å². The van der Waals surface area contributed by atoms with E-state index in [1.54, 1.807) is 19.4 Å². The molecule has 19 heavy (non-hydrogen) atoms. The second-order valence-electron chi connectivity index (χ2n) is 4.03. The standard InChI is InChI=1S/C13H14FN3O2/c1-17(8-12-15-6-7-16-12)13(18)9-19-11-4-2-10(14)3-5-11/h2-7H,8-9H2,1H3,(H,15,16). The van der Waals surface area contributed by atoms with Crippen molar-refractivity contribution < 1.29 is 13.9 Å². The summed E-state index contributed by atoms with van der Waals surface area (Å²) in [6.07, 6.45) is 3.32. The summed E-state index contributed by atoms with van der Waals surface area (Å²) in [6, 6.07) is 5.53. The predicted molar refractivity (Wildman–Crippen MR) is 67.0 cm³/mol. The Hall–Kier alpha value is -2.37. The van der Waals surface area contributed by atoms with Gasteiger partial charge in [-0.15, -0.1) is 0 Å². The second kappa shape index (κ2) is 5.99. The summed E-state index contributed by atoms with van der Waals surface area (Å²) in [5.41, 5.74) is 0. The van der Waals surface area contributed by atoms with Crippen molar-refractivity contribution in [3.05, 3.63) is 48.3 Å². The van der Waals surface area contributed by atoms with Gasteiger partial charge in [0.15, 0.2) is 6.61 Å². The quantitative estimate of drug-likeness (QED) is 0.891. The Morgan fingerprint density at radius 2 is 2.16 bits per heavy atom. The number of H-pyrrole nitrogens is 1. The fraction of sp³-hybridized carbons (Fsp3) is 0.231. The van der Waals surface area contributed by atoms with Crippen LogP contribution in [0.25, 0.3) is 0 Å². The van der Waals surface area contributed by atoms with E-state index in [-0.39, 0.29) is 18.3 Å². The molecule has 0 aliphatic carbocycles. The average Bonchev–Trinajstić information content (AvgIpc) is 2.90. The van der Waals surface area contributed by atoms with Gasteiger partial charge >= 0.3 is 0 Å². The maximum absolute atomic E-state index is 12.7. The zero-order chi connectivity index (χ0) is 13.7. The van der Waals surface area contributed by atoms with Crippen molar-refractivity contribution in [3.63, 3.8) is 0 Å². The van der Waals surface area contributed by atoms with Gasteiger partial charge in [-0.25, -0.2) is 9.37 Å². The highest BCUT2D eigenvalue weighted by Crippen LogP contribution is 2.11. The first-order valence-corrected chi connectivity index (χ1v) is 5.76. The molecule has 0 bridgehead atoms. The number of hydrogen-bond acceptors (Lipinski definition) is 3. The molecule has 1 amide bonds. The van der Waals surface area contributed by atoms with Gasteiger partial charge in [0.05, 0.1) is 6.54 Å². The number of aromatic amines is 1. The Bertz CT molecular complexity index is 525. The third kappa shape index (κ3) is 3.80. The largest absolute Gasteiger partial charge is 0.484 e. The number of ether oxygens (including phenoxy) is 1. The van der Waals surface area contributed by atoms with Crippen LogP contribution in [0.15, 0.2) is 36.7 Å². The number of imidazole rings is 1. The zero-order valence-electron chi connectivity index (χ0n) is 10.5. The first-order chi connectivity index (χ1) is 9.15. The molecule has 0 saturated carbocycles. The van der Waals surface area contributed by atoms with Gasteiger partial charge in [-0.05, 0) is 24.3 Å². The highest BCUT2D eigenvalue weighted by atomic mass is 19.1. The summed E-state index contributed by atoms with van der Waals surface area (Å²) in [6.45, 7) is 0.293. The fourth-order valence-corrected chi connectivity index (χ4v) is 1.48. The number of rotatable bonds is 5. The molecule has 100 valence electrons. The molecule has 0 atom stereocenters. The average molecular weight is 263 g/mol. The molecule has 6 heteroatoms. The molecule has 2 aromatic rings. The third-order valence-electron chi connectivity index (χ3n) is 2.54. The monoisotopic (exact) mass is 263 g/mol. The molecule has 1 heterocycles. The van der Waals surface area contributed by atoms with Crippen molar-refractivity contribution in [2.75, 3.05) is 13.7 Å². The van der Waals surface area contributed by atoms with E-state index < -0.39 is 0 Å². The van der Waals surface area contributed by atoms with Crippen molar-refractivity contribution in [2.24, 2.45) is 0 Å². The van der Waals surface area contributed by atoms with E-state index >= 15 is 0 Å². The maximum atomic E-state index is 12.7. The Labute approximate surface area is 110 Å². The van der Waals surface area contributed by atoms with Crippen molar-refractivity contribution in [1.82, 2.24) is 14.9 Å². The zero-order valence-corrected chi connectivity index (χ0v) is 10.5. The Morgan fingerprint density at radius 3 is 2.79 bits per heavy atom. The number of carbonyl (C=O) groups excluding carboxylic acids is 1. The number of likely N-dealkylation sites (N-methyl/N-ethyl adjacent to an activating group) is 1. The highest BCUT2D eigenvalue weighted by molar-refractivity contribution is 5.77. The van der Waals surface area contributed by atoms with Crippen LogP contribution in [0.1, 0.15) is 5.82 Å². The van der Waals surface area contributed by atoms with Gasteiger partial charge in [-0.3, -0.25) is 4.79 Å². The SMILES string of the molecule is CN(Cc1ncc[nH]1)C(=O)COc1ccc(F)cc1. The van der Waals surface area contributed by atoms with Crippen LogP contribution < -0.4 is 4.74 Å². The molecule has 0 radical (unpaired) electrons. The lowest BCUT2D eigenvalue weighted by atomic mass is 10.3. The topological polar surface area (TPSA) is 58.2 Å². The van der Waals surface area contributed by atoms with Gasteiger partial charge < -0.3 is 14.6 Å². The van der Waals surface area contributed by atoms with Crippen molar-refractivity contribution in [3.8, 4) is 5.75 Å². The van der Waals surface area contributed by atoms with E-state index in [0.717, 1.165) is 0 Å². The van der Waals surface area contributed by atoms with Gasteiger partial charge in [0.25, 0.3) is 5.91 Å². The van der Waals surface area contributed by atoms with Crippen LogP contribution in [0.2, 0.25) is 0 Å². The van der Waals surface area contributed by atoms with Crippen LogP contribution in [0.4, 0.5) is 4.39 Å². The van der Waals surface area contributed by atoms with Crippen LogP contribution in [0.3, 0.4) is 0 Å². The van der Waals surface area contributed by atoms with Gasteiger partial charge in [-0.1, -0.05) is 0 Å². The summed E-state index contributed by atoms with van der Waals surface area (Å²) >= 11 is 0. The van der Waals surface area contributed by atoms with Crippen LogP contribution in [-0.4, -0.2) is 34.4 Å². The molecule has 1 N–H and O–H groups in total. The summed E-state index contributed by atoms with van der Waals surface area (Å²) in [4.78, 5) is 20.2. The first kappa shape index (κ1) is 13.1. The van der Waals surface area contributed by atoms with Crippen molar-refractivity contribution in [2.45, 2.75) is 6.54 Å². The van der Waals surface area contributed by atoms with Crippen LogP contribution in [0.5, 0.6) is 5.75 Å². The van der Waals surface area contributed by atoms with Crippen LogP contribution >= 0.6 is 0 Å². The summed E-state index contributed by atoms with van der Waals surface area (Å²) in [5.74, 6) is 0.646.